The summed E-state index contributed by atoms with van der Waals surface area (Å²) in [6.45, 7) is 11.7. The molecule has 1 rings (SSSR count). The van der Waals surface area contributed by atoms with Gasteiger partial charge in [-0.3, -0.25) is 0 Å². The normalized spacial score (nSPS) is 12.7. The first-order valence-corrected chi connectivity index (χ1v) is 7.85. The SMILES string of the molecule is C=CCN(C(C)(C)C)S(=O)(=O)c1c(C)oc(C)c1C(=O)O. The topological polar surface area (TPSA) is 87.8 Å². The number of nitrogens with zero attached hydrogens (tertiary/aromatic N) is 1. The highest BCUT2D eigenvalue weighted by molar-refractivity contribution is 7.89. The number of aryl methyl sites for hydroxylation is 2. The standard InChI is InChI=1S/C14H21NO5S/c1-7-8-15(14(4,5)6)21(18,19)12-10(3)20-9(2)11(12)13(16)17/h7H,1,8H2,2-6H3,(H,16,17). The lowest BCUT2D eigenvalue weighted by atomic mass is 10.1. The van der Waals surface area contributed by atoms with Crippen LogP contribution in [0.3, 0.4) is 0 Å². The Hall–Kier alpha value is -1.60. The fraction of sp³-hybridized carbons (Fsp3) is 0.500. The van der Waals surface area contributed by atoms with Crippen LogP contribution in [-0.2, 0) is 10.0 Å². The second-order valence-electron chi connectivity index (χ2n) is 5.72. The summed E-state index contributed by atoms with van der Waals surface area (Å²) < 4.78 is 32.2. The van der Waals surface area contributed by atoms with Crippen LogP contribution in [0.15, 0.2) is 22.0 Å². The Kier molecular flexibility index (Phi) is 4.70. The van der Waals surface area contributed by atoms with Crippen molar-refractivity contribution < 1.29 is 22.7 Å². The van der Waals surface area contributed by atoms with E-state index < -0.39 is 21.5 Å². The molecule has 0 aliphatic carbocycles. The second kappa shape index (κ2) is 5.65. The first-order chi connectivity index (χ1) is 9.44. The van der Waals surface area contributed by atoms with Gasteiger partial charge in [0.05, 0.1) is 0 Å². The van der Waals surface area contributed by atoms with Crippen LogP contribution in [0.5, 0.6) is 0 Å². The summed E-state index contributed by atoms with van der Waals surface area (Å²) in [6, 6.07) is 0. The third-order valence-electron chi connectivity index (χ3n) is 3.01. The van der Waals surface area contributed by atoms with Crippen LogP contribution in [0, 0.1) is 13.8 Å². The van der Waals surface area contributed by atoms with Crippen LogP contribution in [-0.4, -0.2) is 35.9 Å². The zero-order chi connectivity index (χ0) is 16.6. The molecule has 21 heavy (non-hydrogen) atoms. The molecule has 0 spiro atoms. The zero-order valence-electron chi connectivity index (χ0n) is 12.9. The lowest BCUT2D eigenvalue weighted by Gasteiger charge is -2.33. The molecule has 0 amide bonds. The van der Waals surface area contributed by atoms with Crippen molar-refractivity contribution in [1.82, 2.24) is 4.31 Å². The van der Waals surface area contributed by atoms with Gasteiger partial charge in [0.1, 0.15) is 22.0 Å². The van der Waals surface area contributed by atoms with E-state index in [9.17, 15) is 18.3 Å². The van der Waals surface area contributed by atoms with E-state index in [4.69, 9.17) is 4.42 Å². The van der Waals surface area contributed by atoms with Crippen LogP contribution in [0.2, 0.25) is 0 Å². The maximum Gasteiger partial charge on any atom is 0.340 e. The molecule has 0 unspecified atom stereocenters. The Morgan fingerprint density at radius 1 is 1.33 bits per heavy atom. The number of hydrogen-bond acceptors (Lipinski definition) is 4. The predicted molar refractivity (Wildman–Crippen MR) is 79.0 cm³/mol. The zero-order valence-corrected chi connectivity index (χ0v) is 13.7. The minimum Gasteiger partial charge on any atom is -0.478 e. The largest absolute Gasteiger partial charge is 0.478 e. The Balaban J connectivity index is 3.64. The summed E-state index contributed by atoms with van der Waals surface area (Å²) in [4.78, 5) is 11.1. The predicted octanol–water partition coefficient (Wildman–Crippen LogP) is 2.57. The molecule has 118 valence electrons. The highest BCUT2D eigenvalue weighted by Gasteiger charge is 2.39. The molecule has 1 N–H and O–H groups in total. The molecule has 0 saturated carbocycles. The number of carboxylic acids is 1. The van der Waals surface area contributed by atoms with E-state index in [0.717, 1.165) is 0 Å². The van der Waals surface area contributed by atoms with Gasteiger partial charge in [0, 0.05) is 12.1 Å². The number of carbonyl (C=O) groups is 1. The summed E-state index contributed by atoms with van der Waals surface area (Å²) >= 11 is 0. The smallest absolute Gasteiger partial charge is 0.340 e. The van der Waals surface area contributed by atoms with Gasteiger partial charge in [0.2, 0.25) is 10.0 Å². The molecule has 0 bridgehead atoms. The van der Waals surface area contributed by atoms with Crippen molar-refractivity contribution in [3.05, 3.63) is 29.7 Å². The van der Waals surface area contributed by atoms with Crippen LogP contribution < -0.4 is 0 Å². The molecular weight excluding hydrogens is 294 g/mol. The summed E-state index contributed by atoms with van der Waals surface area (Å²) in [7, 11) is -4.02. The molecule has 0 radical (unpaired) electrons. The molecular formula is C14H21NO5S. The van der Waals surface area contributed by atoms with E-state index in [1.807, 2.05) is 0 Å². The monoisotopic (exact) mass is 315 g/mol. The maximum atomic E-state index is 12.9. The first-order valence-electron chi connectivity index (χ1n) is 6.41. The highest BCUT2D eigenvalue weighted by Crippen LogP contribution is 2.32. The Morgan fingerprint density at radius 2 is 1.86 bits per heavy atom. The molecule has 0 fully saturated rings. The maximum absolute atomic E-state index is 12.9. The second-order valence-corrected chi connectivity index (χ2v) is 7.52. The van der Waals surface area contributed by atoms with Gasteiger partial charge in [0.25, 0.3) is 0 Å². The summed E-state index contributed by atoms with van der Waals surface area (Å²) in [6.07, 6.45) is 1.46. The third-order valence-corrected chi connectivity index (χ3v) is 5.29. The number of furan rings is 1. The molecule has 0 saturated heterocycles. The fourth-order valence-electron chi connectivity index (χ4n) is 2.18. The molecule has 0 aromatic carbocycles. The first kappa shape index (κ1) is 17.5. The fourth-order valence-corrected chi connectivity index (χ4v) is 4.32. The molecule has 1 aromatic heterocycles. The molecule has 0 aliphatic heterocycles. The summed E-state index contributed by atoms with van der Waals surface area (Å²) in [5, 5.41) is 9.27. The van der Waals surface area contributed by atoms with E-state index in [-0.39, 0.29) is 28.5 Å². The van der Waals surface area contributed by atoms with E-state index in [0.29, 0.717) is 0 Å². The van der Waals surface area contributed by atoms with Gasteiger partial charge in [0.15, 0.2) is 0 Å². The van der Waals surface area contributed by atoms with Crippen molar-refractivity contribution >= 4 is 16.0 Å². The van der Waals surface area contributed by atoms with Crippen molar-refractivity contribution in [1.29, 1.82) is 0 Å². The Bertz CT molecular complexity index is 664. The van der Waals surface area contributed by atoms with Gasteiger partial charge in [-0.2, -0.15) is 4.31 Å². The minimum atomic E-state index is -4.02. The quantitative estimate of drug-likeness (QED) is 0.844. The van der Waals surface area contributed by atoms with Crippen LogP contribution in [0.1, 0.15) is 42.6 Å². The van der Waals surface area contributed by atoms with Crippen molar-refractivity contribution in [2.75, 3.05) is 6.54 Å². The lowest BCUT2D eigenvalue weighted by Crippen LogP contribution is -2.46. The molecule has 0 aliphatic rings. The van der Waals surface area contributed by atoms with Crippen LogP contribution in [0.25, 0.3) is 0 Å². The van der Waals surface area contributed by atoms with E-state index in [2.05, 4.69) is 6.58 Å². The molecule has 0 atom stereocenters. The molecule has 7 heteroatoms. The van der Waals surface area contributed by atoms with E-state index in [1.165, 1.54) is 24.2 Å². The third kappa shape index (κ3) is 3.19. The van der Waals surface area contributed by atoms with Crippen molar-refractivity contribution in [2.24, 2.45) is 0 Å². The van der Waals surface area contributed by atoms with Crippen LogP contribution >= 0.6 is 0 Å². The van der Waals surface area contributed by atoms with Crippen molar-refractivity contribution in [2.45, 2.75) is 45.1 Å². The number of carboxylic acid groups (broad SMARTS) is 1. The molecule has 6 nitrogen and oxygen atoms in total. The average Bonchev–Trinajstić information content (AvgIpc) is 2.59. The van der Waals surface area contributed by atoms with Gasteiger partial charge in [-0.05, 0) is 34.6 Å². The van der Waals surface area contributed by atoms with Gasteiger partial charge in [-0.25, -0.2) is 13.2 Å². The van der Waals surface area contributed by atoms with Crippen molar-refractivity contribution in [3.63, 3.8) is 0 Å². The summed E-state index contributed by atoms with van der Waals surface area (Å²) in [5.74, 6) is -1.18. The lowest BCUT2D eigenvalue weighted by molar-refractivity contribution is 0.0691. The van der Waals surface area contributed by atoms with E-state index in [1.54, 1.807) is 20.8 Å². The van der Waals surface area contributed by atoms with Gasteiger partial charge >= 0.3 is 5.97 Å². The Labute approximate surface area is 125 Å². The van der Waals surface area contributed by atoms with Crippen LogP contribution in [0.4, 0.5) is 0 Å². The number of rotatable bonds is 5. The van der Waals surface area contributed by atoms with Gasteiger partial charge < -0.3 is 9.52 Å². The highest BCUT2D eigenvalue weighted by atomic mass is 32.2. The van der Waals surface area contributed by atoms with E-state index >= 15 is 0 Å². The van der Waals surface area contributed by atoms with Gasteiger partial charge in [-0.15, -0.1) is 6.58 Å². The summed E-state index contributed by atoms with van der Waals surface area (Å²) in [5.41, 5.74) is -1.04. The minimum absolute atomic E-state index is 0.0724. The number of aromatic carboxylic acids is 1. The number of sulfonamides is 1. The molecule has 1 aromatic rings. The Morgan fingerprint density at radius 3 is 2.24 bits per heavy atom. The van der Waals surface area contributed by atoms with Crippen molar-refractivity contribution in [3.8, 4) is 0 Å². The average molecular weight is 315 g/mol. The number of hydrogen-bond donors (Lipinski definition) is 1. The molecule has 1 heterocycles. The van der Waals surface area contributed by atoms with Gasteiger partial charge in [-0.1, -0.05) is 6.08 Å².